The van der Waals surface area contributed by atoms with Crippen LogP contribution >= 0.6 is 0 Å². The Morgan fingerprint density at radius 1 is 1.30 bits per heavy atom. The molecule has 0 unspecified atom stereocenters. The summed E-state index contributed by atoms with van der Waals surface area (Å²) in [6.07, 6.45) is 2.06. The summed E-state index contributed by atoms with van der Waals surface area (Å²) in [5.41, 5.74) is 0.818. The van der Waals surface area contributed by atoms with Gasteiger partial charge in [-0.05, 0) is 24.1 Å². The van der Waals surface area contributed by atoms with Crippen molar-refractivity contribution in [2.45, 2.75) is 52.2 Å². The van der Waals surface area contributed by atoms with Gasteiger partial charge in [-0.15, -0.1) is 0 Å². The van der Waals surface area contributed by atoms with Gasteiger partial charge in [-0.3, -0.25) is 14.4 Å². The zero-order valence-electron chi connectivity index (χ0n) is 17.5. The molecule has 0 bridgehead atoms. The zero-order valence-corrected chi connectivity index (χ0v) is 17.5. The van der Waals surface area contributed by atoms with Crippen molar-refractivity contribution in [3.8, 4) is 0 Å². The molecule has 8 nitrogen and oxygen atoms in total. The van der Waals surface area contributed by atoms with Gasteiger partial charge in [-0.25, -0.2) is 4.79 Å². The van der Waals surface area contributed by atoms with E-state index >= 15 is 0 Å². The van der Waals surface area contributed by atoms with Gasteiger partial charge in [0.05, 0.1) is 12.5 Å². The highest BCUT2D eigenvalue weighted by molar-refractivity contribution is 5.98. The van der Waals surface area contributed by atoms with E-state index in [2.05, 4.69) is 6.58 Å². The van der Waals surface area contributed by atoms with Crippen molar-refractivity contribution in [2.75, 3.05) is 13.2 Å². The summed E-state index contributed by atoms with van der Waals surface area (Å²) in [6.45, 7) is 7.97. The summed E-state index contributed by atoms with van der Waals surface area (Å²) in [6, 6.07) is 0. The highest BCUT2D eigenvalue weighted by Crippen LogP contribution is 2.33. The predicted octanol–water partition coefficient (Wildman–Crippen LogP) is 1.81. The second-order valence-electron chi connectivity index (χ2n) is 7.57. The number of ketones is 1. The number of hydrogen-bond acceptors (Lipinski definition) is 8. The lowest BCUT2D eigenvalue weighted by Gasteiger charge is -2.22. The van der Waals surface area contributed by atoms with E-state index in [4.69, 9.17) is 14.2 Å². The predicted molar refractivity (Wildman–Crippen MR) is 106 cm³/mol. The zero-order chi connectivity index (χ0) is 22.4. The van der Waals surface area contributed by atoms with E-state index in [9.17, 15) is 24.3 Å². The molecule has 1 aliphatic carbocycles. The summed E-state index contributed by atoms with van der Waals surface area (Å²) in [5.74, 6) is -2.78. The molecule has 30 heavy (non-hydrogen) atoms. The third-order valence-electron chi connectivity index (χ3n) is 5.27. The van der Waals surface area contributed by atoms with Gasteiger partial charge in [0.1, 0.15) is 18.8 Å². The third kappa shape index (κ3) is 5.89. The Balaban J connectivity index is 2.39. The second kappa shape index (κ2) is 10.3. The lowest BCUT2D eigenvalue weighted by atomic mass is 9.86. The average molecular weight is 420 g/mol. The molecule has 1 N–H and O–H groups in total. The number of ether oxygens (including phenoxy) is 3. The quantitative estimate of drug-likeness (QED) is 0.299. The van der Waals surface area contributed by atoms with E-state index < -0.39 is 36.7 Å². The first-order valence-corrected chi connectivity index (χ1v) is 9.94. The van der Waals surface area contributed by atoms with Crippen LogP contribution in [0, 0.1) is 11.8 Å². The van der Waals surface area contributed by atoms with Gasteiger partial charge in [-0.2, -0.15) is 0 Å². The van der Waals surface area contributed by atoms with Gasteiger partial charge in [0.2, 0.25) is 0 Å². The van der Waals surface area contributed by atoms with E-state index in [0.717, 1.165) is 0 Å². The van der Waals surface area contributed by atoms with Crippen molar-refractivity contribution < 1.29 is 38.5 Å². The van der Waals surface area contributed by atoms with E-state index in [1.165, 1.54) is 13.0 Å². The summed E-state index contributed by atoms with van der Waals surface area (Å²) in [5, 5.41) is 9.65. The summed E-state index contributed by atoms with van der Waals surface area (Å²) in [4.78, 5) is 48.3. The monoisotopic (exact) mass is 420 g/mol. The highest BCUT2D eigenvalue weighted by atomic mass is 16.6. The van der Waals surface area contributed by atoms with Crippen molar-refractivity contribution in [3.63, 3.8) is 0 Å². The Morgan fingerprint density at radius 3 is 2.60 bits per heavy atom. The van der Waals surface area contributed by atoms with Crippen molar-refractivity contribution in [3.05, 3.63) is 35.5 Å². The van der Waals surface area contributed by atoms with E-state index in [0.29, 0.717) is 12.0 Å². The molecule has 0 amide bonds. The van der Waals surface area contributed by atoms with Gasteiger partial charge >= 0.3 is 17.9 Å². The molecule has 1 aliphatic heterocycles. The molecule has 0 saturated carbocycles. The van der Waals surface area contributed by atoms with Gasteiger partial charge in [0, 0.05) is 36.8 Å². The molecule has 2 rings (SSSR count). The number of Topliss-reactive ketones (excluding diaryl/α,β-unsaturated/α-hetero) is 1. The van der Waals surface area contributed by atoms with Crippen molar-refractivity contribution >= 4 is 23.7 Å². The number of esters is 3. The molecule has 1 heterocycles. The first-order valence-electron chi connectivity index (χ1n) is 9.94. The molecule has 0 aromatic heterocycles. The highest BCUT2D eigenvalue weighted by Gasteiger charge is 2.40. The van der Waals surface area contributed by atoms with Crippen molar-refractivity contribution in [1.82, 2.24) is 0 Å². The molecule has 164 valence electrons. The van der Waals surface area contributed by atoms with E-state index in [1.54, 1.807) is 13.0 Å². The van der Waals surface area contributed by atoms with Crippen LogP contribution in [0.2, 0.25) is 0 Å². The number of aliphatic hydroxyl groups is 1. The van der Waals surface area contributed by atoms with Crippen molar-refractivity contribution in [1.29, 1.82) is 0 Å². The Bertz CT molecular complexity index is 791. The number of aliphatic hydroxyl groups excluding tert-OH is 1. The van der Waals surface area contributed by atoms with Crippen LogP contribution in [0.15, 0.2) is 35.5 Å². The molecule has 1 fully saturated rings. The van der Waals surface area contributed by atoms with Crippen LogP contribution in [0.5, 0.6) is 0 Å². The number of rotatable bonds is 6. The average Bonchev–Trinajstić information content (AvgIpc) is 2.95. The molecule has 2 aliphatic rings. The fourth-order valence-electron chi connectivity index (χ4n) is 3.30. The number of fused-ring (bicyclic) bond motifs is 1. The third-order valence-corrected chi connectivity index (χ3v) is 5.27. The van der Waals surface area contributed by atoms with Gasteiger partial charge in [-0.1, -0.05) is 20.4 Å². The molecular weight excluding hydrogens is 392 g/mol. The Kier molecular flexibility index (Phi) is 8.11. The smallest absolute Gasteiger partial charge is 0.334 e. The molecule has 0 spiro atoms. The fraction of sp³-hybridized carbons (Fsp3) is 0.545. The van der Waals surface area contributed by atoms with Crippen LogP contribution in [-0.4, -0.2) is 54.2 Å². The van der Waals surface area contributed by atoms with Gasteiger partial charge in [0.25, 0.3) is 0 Å². The van der Waals surface area contributed by atoms with Crippen molar-refractivity contribution in [2.24, 2.45) is 11.8 Å². The normalized spacial score (nSPS) is 28.9. The van der Waals surface area contributed by atoms with E-state index in [-0.39, 0.29) is 48.3 Å². The van der Waals surface area contributed by atoms with Crippen LogP contribution in [0.4, 0.5) is 0 Å². The topological polar surface area (TPSA) is 116 Å². The van der Waals surface area contributed by atoms with Gasteiger partial charge < -0.3 is 19.3 Å². The van der Waals surface area contributed by atoms with Crippen LogP contribution in [-0.2, 0) is 33.4 Å². The van der Waals surface area contributed by atoms with Crippen LogP contribution < -0.4 is 0 Å². The molecule has 1 saturated heterocycles. The minimum Gasteiger partial charge on any atom is -0.461 e. The largest absolute Gasteiger partial charge is 0.461 e. The minimum absolute atomic E-state index is 0.0741. The van der Waals surface area contributed by atoms with E-state index in [1.807, 2.05) is 6.92 Å². The molecule has 0 aromatic carbocycles. The lowest BCUT2D eigenvalue weighted by Crippen LogP contribution is -2.26. The number of carbonyl (C=O) groups excluding carboxylic acids is 4. The molecule has 0 aromatic rings. The summed E-state index contributed by atoms with van der Waals surface area (Å²) in [7, 11) is 0. The number of hydrogen-bond donors (Lipinski definition) is 1. The molecular formula is C22H28O8. The Morgan fingerprint density at radius 2 is 2.00 bits per heavy atom. The number of carbonyl (C=O) groups is 4. The maximum absolute atomic E-state index is 12.6. The first kappa shape index (κ1) is 23.5. The lowest BCUT2D eigenvalue weighted by molar-refractivity contribution is -0.148. The summed E-state index contributed by atoms with van der Waals surface area (Å²) >= 11 is 0. The molecule has 8 heteroatoms. The standard InChI is InChI=1S/C22H28O8/c1-5-12(2)21(26)28-11-15-6-17(29-14(4)24)8-16(10-23)19(25)9-18-13(3)22(27)30-20(18)7-15/h7-8,12,17-18,20,23H,3,5-6,9-11H2,1-2,4H3/b15-7-,16-8+/t12-,17-,18+,20-/m1/s1. The van der Waals surface area contributed by atoms with Crippen LogP contribution in [0.1, 0.15) is 40.0 Å². The SMILES string of the molecule is C=C1C(=O)O[C@@H]2/C=C(\COC(=O)[C@H](C)CC)C[C@@H](OC(C)=O)/C=C(\CO)C(=O)C[C@@H]12. The van der Waals surface area contributed by atoms with Crippen LogP contribution in [0.25, 0.3) is 0 Å². The second-order valence-corrected chi connectivity index (χ2v) is 7.57. The molecule has 4 atom stereocenters. The maximum atomic E-state index is 12.6. The Labute approximate surface area is 175 Å². The molecule has 0 radical (unpaired) electrons. The van der Waals surface area contributed by atoms with Crippen LogP contribution in [0.3, 0.4) is 0 Å². The van der Waals surface area contributed by atoms with Gasteiger partial charge in [0.15, 0.2) is 5.78 Å². The maximum Gasteiger partial charge on any atom is 0.334 e. The summed E-state index contributed by atoms with van der Waals surface area (Å²) < 4.78 is 16.0. The fourth-order valence-corrected chi connectivity index (χ4v) is 3.30. The first-order chi connectivity index (χ1) is 14.2. The Hall–Kier alpha value is -2.74. The minimum atomic E-state index is -0.848.